The van der Waals surface area contributed by atoms with Crippen molar-refractivity contribution in [1.82, 2.24) is 9.97 Å². The van der Waals surface area contributed by atoms with Crippen LogP contribution in [0.3, 0.4) is 0 Å². The van der Waals surface area contributed by atoms with Crippen molar-refractivity contribution >= 4 is 17.6 Å². The first-order valence-electron chi connectivity index (χ1n) is 6.94. The van der Waals surface area contributed by atoms with Gasteiger partial charge in [0.2, 0.25) is 0 Å². The van der Waals surface area contributed by atoms with E-state index < -0.39 is 5.97 Å². The zero-order valence-electron chi connectivity index (χ0n) is 11.6. The van der Waals surface area contributed by atoms with E-state index in [1.807, 2.05) is 0 Å². The van der Waals surface area contributed by atoms with Crippen LogP contribution >= 0.6 is 11.6 Å². The molecule has 1 aliphatic heterocycles. The van der Waals surface area contributed by atoms with Gasteiger partial charge in [-0.15, -0.1) is 11.6 Å². The fourth-order valence-corrected chi connectivity index (χ4v) is 2.41. The molecule has 1 atom stereocenters. The van der Waals surface area contributed by atoms with E-state index in [2.05, 4.69) is 9.97 Å². The van der Waals surface area contributed by atoms with Crippen molar-refractivity contribution in [2.24, 2.45) is 0 Å². The second-order valence-electron chi connectivity index (χ2n) is 4.69. The first-order chi connectivity index (χ1) is 9.74. The molecule has 1 unspecified atom stereocenters. The molecule has 0 radical (unpaired) electrons. The van der Waals surface area contributed by atoms with Crippen molar-refractivity contribution in [2.75, 3.05) is 13.2 Å². The van der Waals surface area contributed by atoms with Gasteiger partial charge in [-0.25, -0.2) is 14.8 Å². The third-order valence-corrected chi connectivity index (χ3v) is 3.48. The van der Waals surface area contributed by atoms with Gasteiger partial charge >= 0.3 is 5.97 Å². The summed E-state index contributed by atoms with van der Waals surface area (Å²) in [6, 6.07) is 0. The minimum atomic E-state index is -0.427. The normalized spacial score (nSPS) is 18.8. The molecule has 2 rings (SSSR count). The number of hydrogen-bond donors (Lipinski definition) is 0. The molecule has 20 heavy (non-hydrogen) atoms. The average Bonchev–Trinajstić information content (AvgIpc) is 2.48. The Morgan fingerprint density at radius 3 is 3.05 bits per heavy atom. The van der Waals surface area contributed by atoms with Crippen LogP contribution in [0.1, 0.15) is 48.1 Å². The van der Waals surface area contributed by atoms with Crippen molar-refractivity contribution in [3.63, 3.8) is 0 Å². The Hall–Kier alpha value is -1.20. The van der Waals surface area contributed by atoms with Crippen molar-refractivity contribution < 1.29 is 14.3 Å². The van der Waals surface area contributed by atoms with Crippen LogP contribution in [-0.4, -0.2) is 35.3 Å². The lowest BCUT2D eigenvalue weighted by Gasteiger charge is -2.21. The maximum atomic E-state index is 11.7. The number of alkyl halides is 1. The van der Waals surface area contributed by atoms with Gasteiger partial charge in [0.1, 0.15) is 11.4 Å². The second-order valence-corrected chi connectivity index (χ2v) is 4.96. The van der Waals surface area contributed by atoms with Gasteiger partial charge in [-0.1, -0.05) is 0 Å². The first-order valence-corrected chi connectivity index (χ1v) is 7.47. The molecule has 5 nitrogen and oxygen atoms in total. The van der Waals surface area contributed by atoms with Gasteiger partial charge in [0, 0.05) is 19.2 Å². The molecule has 0 N–H and O–H groups in total. The zero-order chi connectivity index (χ0) is 14.4. The zero-order valence-corrected chi connectivity index (χ0v) is 12.4. The number of rotatable bonds is 5. The molecule has 2 heterocycles. The standard InChI is InChI=1S/C14H19ClN2O3/c1-2-19-14(18)11-9-16-13(17-12(11)8-15)7-10-5-3-4-6-20-10/h9-10H,2-8H2,1H3. The molecule has 0 amide bonds. The van der Waals surface area contributed by atoms with E-state index in [1.165, 1.54) is 12.6 Å². The summed E-state index contributed by atoms with van der Waals surface area (Å²) < 4.78 is 10.6. The molecule has 1 fully saturated rings. The summed E-state index contributed by atoms with van der Waals surface area (Å²) in [5, 5.41) is 0. The largest absolute Gasteiger partial charge is 0.462 e. The van der Waals surface area contributed by atoms with Gasteiger partial charge in [-0.2, -0.15) is 0 Å². The van der Waals surface area contributed by atoms with Gasteiger partial charge in [-0.05, 0) is 26.2 Å². The van der Waals surface area contributed by atoms with E-state index in [0.29, 0.717) is 30.1 Å². The lowest BCUT2D eigenvalue weighted by molar-refractivity contribution is 0.0156. The lowest BCUT2D eigenvalue weighted by Crippen LogP contribution is -2.23. The summed E-state index contributed by atoms with van der Waals surface area (Å²) in [6.07, 6.45) is 5.65. The quantitative estimate of drug-likeness (QED) is 0.617. The Balaban J connectivity index is 2.09. The Kier molecular flexibility index (Phi) is 5.73. The predicted octanol–water partition coefficient (Wildman–Crippen LogP) is 2.50. The molecule has 1 aromatic rings. The topological polar surface area (TPSA) is 61.3 Å². The number of ether oxygens (including phenoxy) is 2. The Morgan fingerprint density at radius 2 is 2.40 bits per heavy atom. The number of halogens is 1. The fourth-order valence-electron chi connectivity index (χ4n) is 2.21. The van der Waals surface area contributed by atoms with Gasteiger partial charge in [0.15, 0.2) is 0 Å². The highest BCUT2D eigenvalue weighted by atomic mass is 35.5. The van der Waals surface area contributed by atoms with Crippen LogP contribution in [0.25, 0.3) is 0 Å². The highest BCUT2D eigenvalue weighted by Gasteiger charge is 2.19. The molecule has 0 saturated carbocycles. The Labute approximate surface area is 123 Å². The molecule has 1 aromatic heterocycles. The molecule has 0 aliphatic carbocycles. The van der Waals surface area contributed by atoms with Gasteiger partial charge in [-0.3, -0.25) is 0 Å². The number of nitrogens with zero attached hydrogens (tertiary/aromatic N) is 2. The minimum Gasteiger partial charge on any atom is -0.462 e. The van der Waals surface area contributed by atoms with Crippen LogP contribution < -0.4 is 0 Å². The van der Waals surface area contributed by atoms with Crippen LogP contribution in [0, 0.1) is 0 Å². The smallest absolute Gasteiger partial charge is 0.341 e. The van der Waals surface area contributed by atoms with E-state index in [-0.39, 0.29) is 12.0 Å². The maximum absolute atomic E-state index is 11.7. The number of hydrogen-bond acceptors (Lipinski definition) is 5. The highest BCUT2D eigenvalue weighted by molar-refractivity contribution is 6.17. The molecule has 1 aliphatic rings. The maximum Gasteiger partial charge on any atom is 0.341 e. The van der Waals surface area contributed by atoms with Crippen molar-refractivity contribution in [2.45, 2.75) is 44.6 Å². The Bertz CT molecular complexity index is 462. The molecular formula is C14H19ClN2O3. The monoisotopic (exact) mass is 298 g/mol. The summed E-state index contributed by atoms with van der Waals surface area (Å²) in [4.78, 5) is 20.3. The molecule has 0 bridgehead atoms. The number of aromatic nitrogens is 2. The van der Waals surface area contributed by atoms with E-state index in [9.17, 15) is 4.79 Å². The SMILES string of the molecule is CCOC(=O)c1cnc(CC2CCCCO2)nc1CCl. The average molecular weight is 299 g/mol. The minimum absolute atomic E-state index is 0.162. The van der Waals surface area contributed by atoms with Crippen LogP contribution in [0.15, 0.2) is 6.20 Å². The van der Waals surface area contributed by atoms with Crippen LogP contribution in [-0.2, 0) is 21.8 Å². The molecule has 0 aromatic carbocycles. The number of esters is 1. The third kappa shape index (κ3) is 3.90. The van der Waals surface area contributed by atoms with Crippen LogP contribution in [0.4, 0.5) is 0 Å². The predicted molar refractivity (Wildman–Crippen MR) is 74.8 cm³/mol. The van der Waals surface area contributed by atoms with Crippen molar-refractivity contribution in [3.8, 4) is 0 Å². The van der Waals surface area contributed by atoms with Crippen LogP contribution in [0.5, 0.6) is 0 Å². The molecule has 110 valence electrons. The third-order valence-electron chi connectivity index (χ3n) is 3.22. The van der Waals surface area contributed by atoms with Gasteiger partial charge in [0.05, 0.1) is 24.3 Å². The van der Waals surface area contributed by atoms with E-state index in [4.69, 9.17) is 21.1 Å². The fraction of sp³-hybridized carbons (Fsp3) is 0.643. The van der Waals surface area contributed by atoms with Gasteiger partial charge in [0.25, 0.3) is 0 Å². The van der Waals surface area contributed by atoms with E-state index in [1.54, 1.807) is 6.92 Å². The molecular weight excluding hydrogens is 280 g/mol. The molecule has 1 saturated heterocycles. The summed E-state index contributed by atoms with van der Waals surface area (Å²) in [5.41, 5.74) is 0.862. The van der Waals surface area contributed by atoms with E-state index >= 15 is 0 Å². The lowest BCUT2D eigenvalue weighted by atomic mass is 10.1. The summed E-state index contributed by atoms with van der Waals surface area (Å²) in [7, 11) is 0. The molecule has 6 heteroatoms. The van der Waals surface area contributed by atoms with Crippen molar-refractivity contribution in [3.05, 3.63) is 23.3 Å². The number of carbonyl (C=O) groups is 1. The van der Waals surface area contributed by atoms with E-state index in [0.717, 1.165) is 19.4 Å². The highest BCUT2D eigenvalue weighted by Crippen LogP contribution is 2.17. The Morgan fingerprint density at radius 1 is 1.55 bits per heavy atom. The number of carbonyl (C=O) groups excluding carboxylic acids is 1. The van der Waals surface area contributed by atoms with Crippen LogP contribution in [0.2, 0.25) is 0 Å². The molecule has 0 spiro atoms. The summed E-state index contributed by atoms with van der Waals surface area (Å²) in [5.74, 6) is 0.402. The summed E-state index contributed by atoms with van der Waals surface area (Å²) in [6.45, 7) is 2.88. The van der Waals surface area contributed by atoms with Gasteiger partial charge < -0.3 is 9.47 Å². The first kappa shape index (κ1) is 15.2. The summed E-state index contributed by atoms with van der Waals surface area (Å²) >= 11 is 5.86. The van der Waals surface area contributed by atoms with Crippen molar-refractivity contribution in [1.29, 1.82) is 0 Å². The second kappa shape index (κ2) is 7.55.